The van der Waals surface area contributed by atoms with Crippen molar-refractivity contribution in [1.29, 1.82) is 0 Å². The molecule has 0 saturated carbocycles. The van der Waals surface area contributed by atoms with Gasteiger partial charge in [0.15, 0.2) is 5.11 Å². The first-order valence-electron chi connectivity index (χ1n) is 8.72. The molecule has 0 spiro atoms. The Balaban J connectivity index is 2.13. The molecular weight excluding hydrogens is 328 g/mol. The van der Waals surface area contributed by atoms with Crippen molar-refractivity contribution >= 4 is 23.0 Å². The molecule has 0 aliphatic carbocycles. The van der Waals surface area contributed by atoms with Gasteiger partial charge in [-0.2, -0.15) is 0 Å². The van der Waals surface area contributed by atoms with E-state index in [9.17, 15) is 0 Å². The minimum Gasteiger partial charge on any atom is -0.341 e. The maximum Gasteiger partial charge on any atom is 0.173 e. The van der Waals surface area contributed by atoms with Crippen molar-refractivity contribution in [2.24, 2.45) is 0 Å². The number of nitrogens with zero attached hydrogens (tertiary/aromatic N) is 3. The topological polar surface area (TPSA) is 31.4 Å². The van der Waals surface area contributed by atoms with Crippen LogP contribution in [0.15, 0.2) is 48.8 Å². The minimum atomic E-state index is 0.179. The Morgan fingerprint density at radius 3 is 2.28 bits per heavy atom. The molecule has 0 aliphatic heterocycles. The second kappa shape index (κ2) is 9.49. The fourth-order valence-electron chi connectivity index (χ4n) is 2.62. The first-order chi connectivity index (χ1) is 12.0. The van der Waals surface area contributed by atoms with Crippen LogP contribution in [0.4, 0.5) is 5.69 Å². The molecule has 2 aromatic rings. The Hall–Kier alpha value is -1.98. The summed E-state index contributed by atoms with van der Waals surface area (Å²) in [4.78, 5) is 8.52. The number of aromatic nitrogens is 1. The molecule has 0 unspecified atom stereocenters. The van der Waals surface area contributed by atoms with Crippen molar-refractivity contribution in [3.8, 4) is 0 Å². The van der Waals surface area contributed by atoms with E-state index in [4.69, 9.17) is 12.2 Å². The van der Waals surface area contributed by atoms with Crippen LogP contribution in [0, 0.1) is 0 Å². The van der Waals surface area contributed by atoms with Gasteiger partial charge in [-0.3, -0.25) is 4.98 Å². The number of rotatable bonds is 7. The highest BCUT2D eigenvalue weighted by Gasteiger charge is 2.19. The van der Waals surface area contributed by atoms with Gasteiger partial charge in [-0.15, -0.1) is 0 Å². The van der Waals surface area contributed by atoms with Gasteiger partial charge in [0.1, 0.15) is 0 Å². The molecule has 0 aliphatic rings. The molecule has 4 nitrogen and oxygen atoms in total. The Labute approximate surface area is 156 Å². The summed E-state index contributed by atoms with van der Waals surface area (Å²) in [7, 11) is 4.16. The minimum absolute atomic E-state index is 0.179. The molecule has 1 aromatic heterocycles. The lowest BCUT2D eigenvalue weighted by molar-refractivity contribution is 0.289. The Morgan fingerprint density at radius 1 is 1.08 bits per heavy atom. The summed E-state index contributed by atoms with van der Waals surface area (Å²) >= 11 is 5.73. The summed E-state index contributed by atoms with van der Waals surface area (Å²) in [6, 6.07) is 12.7. The van der Waals surface area contributed by atoms with E-state index in [0.29, 0.717) is 0 Å². The van der Waals surface area contributed by atoms with Crippen LogP contribution in [-0.2, 0) is 6.42 Å². The van der Waals surface area contributed by atoms with Gasteiger partial charge in [-0.25, -0.2) is 0 Å². The fourth-order valence-corrected chi connectivity index (χ4v) is 2.99. The molecule has 1 aromatic carbocycles. The van der Waals surface area contributed by atoms with Crippen LogP contribution in [0.2, 0.25) is 0 Å². The third-order valence-corrected chi connectivity index (χ3v) is 4.66. The molecule has 0 saturated heterocycles. The Kier molecular flexibility index (Phi) is 7.34. The quantitative estimate of drug-likeness (QED) is 0.759. The molecule has 1 heterocycles. The summed E-state index contributed by atoms with van der Waals surface area (Å²) in [5.74, 6) is 0. The molecule has 0 fully saturated rings. The van der Waals surface area contributed by atoms with E-state index in [1.54, 1.807) is 0 Å². The average molecular weight is 357 g/mol. The second-order valence-corrected chi connectivity index (χ2v) is 6.82. The zero-order valence-corrected chi connectivity index (χ0v) is 16.4. The van der Waals surface area contributed by atoms with Gasteiger partial charge in [0.25, 0.3) is 0 Å². The van der Waals surface area contributed by atoms with Gasteiger partial charge >= 0.3 is 0 Å². The summed E-state index contributed by atoms with van der Waals surface area (Å²) in [6.45, 7) is 6.13. The highest BCUT2D eigenvalue weighted by atomic mass is 32.1. The Bertz CT molecular complexity index is 655. The number of anilines is 1. The van der Waals surface area contributed by atoms with E-state index in [-0.39, 0.29) is 6.04 Å². The lowest BCUT2D eigenvalue weighted by Crippen LogP contribution is -2.40. The highest BCUT2D eigenvalue weighted by molar-refractivity contribution is 7.80. The molecule has 1 atom stereocenters. The molecule has 2 rings (SSSR count). The molecule has 0 radical (unpaired) electrons. The molecule has 1 N–H and O–H groups in total. The number of hydrogen-bond acceptors (Lipinski definition) is 3. The van der Waals surface area contributed by atoms with Crippen LogP contribution < -0.4 is 5.32 Å². The molecular formula is C20H28N4S. The maximum atomic E-state index is 5.73. The van der Waals surface area contributed by atoms with Crippen molar-refractivity contribution in [1.82, 2.24) is 14.8 Å². The normalized spacial score (nSPS) is 12.0. The van der Waals surface area contributed by atoms with Gasteiger partial charge in [0.05, 0.1) is 6.04 Å². The largest absolute Gasteiger partial charge is 0.341 e. The number of hydrogen-bond donors (Lipinski definition) is 1. The number of aryl methyl sites for hydroxylation is 1. The van der Waals surface area contributed by atoms with Crippen LogP contribution in [0.3, 0.4) is 0 Å². The lowest BCUT2D eigenvalue weighted by Gasteiger charge is -2.33. The number of nitrogens with one attached hydrogen (secondary N) is 1. The third kappa shape index (κ3) is 5.80. The standard InChI is InChI=1S/C20H28N4S/c1-5-17-6-8-19(9-7-17)22-20(25)24(15-14-23(3)4)16(2)18-10-12-21-13-11-18/h6-13,16H,5,14-15H2,1-4H3,(H,22,25)/t16-/m1/s1. The molecule has 25 heavy (non-hydrogen) atoms. The summed E-state index contributed by atoms with van der Waals surface area (Å²) in [5, 5.41) is 4.14. The number of thiocarbonyl (C=S) groups is 1. The molecule has 5 heteroatoms. The smallest absolute Gasteiger partial charge is 0.173 e. The first-order valence-corrected chi connectivity index (χ1v) is 9.13. The summed E-state index contributed by atoms with van der Waals surface area (Å²) in [6.07, 6.45) is 4.70. The second-order valence-electron chi connectivity index (χ2n) is 6.43. The highest BCUT2D eigenvalue weighted by Crippen LogP contribution is 2.21. The van der Waals surface area contributed by atoms with Crippen molar-refractivity contribution in [2.45, 2.75) is 26.3 Å². The summed E-state index contributed by atoms with van der Waals surface area (Å²) < 4.78 is 0. The lowest BCUT2D eigenvalue weighted by atomic mass is 10.1. The van der Waals surface area contributed by atoms with Gasteiger partial charge in [-0.1, -0.05) is 19.1 Å². The van der Waals surface area contributed by atoms with E-state index in [1.165, 1.54) is 11.1 Å². The van der Waals surface area contributed by atoms with Gasteiger partial charge in [0.2, 0.25) is 0 Å². The monoisotopic (exact) mass is 356 g/mol. The van der Waals surface area contributed by atoms with Crippen molar-refractivity contribution in [3.05, 3.63) is 59.9 Å². The predicted octanol–water partition coefficient (Wildman–Crippen LogP) is 3.97. The average Bonchev–Trinajstić information content (AvgIpc) is 2.63. The van der Waals surface area contributed by atoms with Crippen LogP contribution in [0.25, 0.3) is 0 Å². The number of pyridine rings is 1. The van der Waals surface area contributed by atoms with Crippen LogP contribution in [0.5, 0.6) is 0 Å². The van der Waals surface area contributed by atoms with Crippen LogP contribution in [0.1, 0.15) is 31.0 Å². The maximum absolute atomic E-state index is 5.73. The molecule has 0 bridgehead atoms. The van der Waals surface area contributed by atoms with Crippen LogP contribution >= 0.6 is 12.2 Å². The molecule has 0 amide bonds. The number of likely N-dealkylation sites (N-methyl/N-ethyl adjacent to an activating group) is 1. The van der Waals surface area contributed by atoms with Crippen LogP contribution in [-0.4, -0.2) is 47.1 Å². The summed E-state index contributed by atoms with van der Waals surface area (Å²) in [5.41, 5.74) is 3.56. The third-order valence-electron chi connectivity index (χ3n) is 4.32. The van der Waals surface area contributed by atoms with Gasteiger partial charge < -0.3 is 15.1 Å². The van der Waals surface area contributed by atoms with E-state index >= 15 is 0 Å². The first kappa shape index (κ1) is 19.3. The van der Waals surface area contributed by atoms with E-state index < -0.39 is 0 Å². The SMILES string of the molecule is CCc1ccc(NC(=S)N(CCN(C)C)[C@H](C)c2ccncc2)cc1. The van der Waals surface area contributed by atoms with Crippen molar-refractivity contribution in [3.63, 3.8) is 0 Å². The van der Waals surface area contributed by atoms with Gasteiger partial charge in [-0.05, 0) is 75.1 Å². The van der Waals surface area contributed by atoms with Gasteiger partial charge in [0, 0.05) is 31.2 Å². The Morgan fingerprint density at radius 2 is 1.72 bits per heavy atom. The zero-order valence-electron chi connectivity index (χ0n) is 15.6. The van der Waals surface area contributed by atoms with E-state index in [1.807, 2.05) is 24.5 Å². The van der Waals surface area contributed by atoms with Crippen molar-refractivity contribution < 1.29 is 0 Å². The number of benzene rings is 1. The van der Waals surface area contributed by atoms with E-state index in [2.05, 4.69) is 72.3 Å². The predicted molar refractivity (Wildman–Crippen MR) is 110 cm³/mol. The fraction of sp³-hybridized carbons (Fsp3) is 0.400. The zero-order chi connectivity index (χ0) is 18.2. The molecule has 134 valence electrons. The van der Waals surface area contributed by atoms with Crippen molar-refractivity contribution in [2.75, 3.05) is 32.5 Å². The van der Waals surface area contributed by atoms with E-state index in [0.717, 1.165) is 30.3 Å².